The summed E-state index contributed by atoms with van der Waals surface area (Å²) in [5.41, 5.74) is 1.82. The first-order valence-electron chi connectivity index (χ1n) is 10.1. The molecule has 0 saturated carbocycles. The number of aliphatic carboxylic acids is 1. The number of methoxy groups -OCH3 is 1. The van der Waals surface area contributed by atoms with Crippen LogP contribution < -0.4 is 9.64 Å². The Morgan fingerprint density at radius 2 is 1.79 bits per heavy atom. The van der Waals surface area contributed by atoms with Gasteiger partial charge in [0.2, 0.25) is 10.0 Å². The number of hydrogen-bond donors (Lipinski definition) is 1. The fourth-order valence-corrected chi connectivity index (χ4v) is 6.22. The fourth-order valence-electron chi connectivity index (χ4n) is 3.79. The Bertz CT molecular complexity index is 1300. The molecular formula is C23H22N2O6S2. The zero-order chi connectivity index (χ0) is 23.8. The fraction of sp³-hybridized carbons (Fsp3) is 0.217. The quantitative estimate of drug-likeness (QED) is 0.593. The number of carboxylic acid groups (broad SMARTS) is 1. The Morgan fingerprint density at radius 1 is 1.09 bits per heavy atom. The van der Waals surface area contributed by atoms with Gasteiger partial charge in [-0.1, -0.05) is 18.2 Å². The number of thiophene rings is 1. The maximum Gasteiger partial charge on any atom is 0.323 e. The largest absolute Gasteiger partial charge is 0.497 e. The highest BCUT2D eigenvalue weighted by Gasteiger charge is 2.42. The number of benzene rings is 2. The van der Waals surface area contributed by atoms with Crippen LogP contribution >= 0.6 is 11.3 Å². The van der Waals surface area contributed by atoms with E-state index >= 15 is 0 Å². The number of carboxylic acids is 1. The average molecular weight is 487 g/mol. The predicted octanol–water partition coefficient (Wildman–Crippen LogP) is 3.37. The molecule has 1 aliphatic heterocycles. The number of aryl methyl sites for hydroxylation is 1. The molecule has 1 aliphatic rings. The number of ether oxygens (including phenoxy) is 1. The highest BCUT2D eigenvalue weighted by atomic mass is 32.2. The van der Waals surface area contributed by atoms with Gasteiger partial charge in [0.25, 0.3) is 5.91 Å². The summed E-state index contributed by atoms with van der Waals surface area (Å²) in [5, 5.41) is 11.8. The van der Waals surface area contributed by atoms with Crippen molar-refractivity contribution in [2.75, 3.05) is 18.6 Å². The molecule has 33 heavy (non-hydrogen) atoms. The molecule has 4 rings (SSSR count). The van der Waals surface area contributed by atoms with Crippen LogP contribution in [0.3, 0.4) is 0 Å². The van der Waals surface area contributed by atoms with E-state index in [1.165, 1.54) is 47.6 Å². The molecule has 0 radical (unpaired) electrons. The molecule has 2 aromatic carbocycles. The van der Waals surface area contributed by atoms with Crippen molar-refractivity contribution in [3.63, 3.8) is 0 Å². The lowest BCUT2D eigenvalue weighted by atomic mass is 10.1. The minimum absolute atomic E-state index is 0.0547. The number of sulfonamides is 1. The Morgan fingerprint density at radius 3 is 2.39 bits per heavy atom. The van der Waals surface area contributed by atoms with Crippen molar-refractivity contribution in [3.8, 4) is 5.75 Å². The van der Waals surface area contributed by atoms with Crippen LogP contribution in [0.5, 0.6) is 5.75 Å². The molecule has 1 atom stereocenters. The van der Waals surface area contributed by atoms with E-state index in [1.807, 2.05) is 13.0 Å². The van der Waals surface area contributed by atoms with Gasteiger partial charge in [-0.3, -0.25) is 9.59 Å². The van der Waals surface area contributed by atoms with E-state index in [1.54, 1.807) is 29.6 Å². The second-order valence-electron chi connectivity index (χ2n) is 7.56. The van der Waals surface area contributed by atoms with Crippen molar-refractivity contribution in [2.24, 2.45) is 0 Å². The van der Waals surface area contributed by atoms with Crippen LogP contribution in [0.2, 0.25) is 0 Å². The smallest absolute Gasteiger partial charge is 0.323 e. The monoisotopic (exact) mass is 486 g/mol. The summed E-state index contributed by atoms with van der Waals surface area (Å²) in [6.07, 6.45) is 0. The molecule has 3 aromatic rings. The predicted molar refractivity (Wildman–Crippen MR) is 124 cm³/mol. The van der Waals surface area contributed by atoms with E-state index in [4.69, 9.17) is 4.74 Å². The van der Waals surface area contributed by atoms with E-state index in [0.29, 0.717) is 21.9 Å². The number of para-hydroxylation sites is 1. The summed E-state index contributed by atoms with van der Waals surface area (Å²) in [6, 6.07) is 13.0. The number of nitrogens with zero attached hydrogens (tertiary/aromatic N) is 2. The third-order valence-corrected chi connectivity index (χ3v) is 8.44. The van der Waals surface area contributed by atoms with Crippen LogP contribution in [0, 0.1) is 6.92 Å². The Kier molecular flexibility index (Phi) is 6.24. The van der Waals surface area contributed by atoms with Crippen LogP contribution in [-0.4, -0.2) is 49.4 Å². The number of carbonyl (C=O) groups excluding carboxylic acids is 1. The van der Waals surface area contributed by atoms with Crippen LogP contribution in [0.25, 0.3) is 0 Å². The first-order valence-corrected chi connectivity index (χ1v) is 12.4. The number of anilines is 1. The van der Waals surface area contributed by atoms with Crippen molar-refractivity contribution < 1.29 is 27.9 Å². The van der Waals surface area contributed by atoms with Crippen LogP contribution in [0.1, 0.15) is 20.8 Å². The SMILES string of the molecule is COc1ccc(S(=O)(=O)N2Cc3ccccc3N(C(=O)c3sccc3C)CC2C(=O)O)cc1. The Balaban J connectivity index is 1.82. The van der Waals surface area contributed by atoms with Crippen molar-refractivity contribution in [2.45, 2.75) is 24.4 Å². The summed E-state index contributed by atoms with van der Waals surface area (Å²) in [7, 11) is -2.73. The van der Waals surface area contributed by atoms with Gasteiger partial charge in [0.15, 0.2) is 0 Å². The normalized spacial score (nSPS) is 16.7. The molecule has 0 fully saturated rings. The maximum absolute atomic E-state index is 13.5. The summed E-state index contributed by atoms with van der Waals surface area (Å²) >= 11 is 1.27. The van der Waals surface area contributed by atoms with Gasteiger partial charge >= 0.3 is 5.97 Å². The number of fused-ring (bicyclic) bond motifs is 1. The summed E-state index contributed by atoms with van der Waals surface area (Å²) in [4.78, 5) is 27.5. The zero-order valence-electron chi connectivity index (χ0n) is 18.0. The zero-order valence-corrected chi connectivity index (χ0v) is 19.6. The highest BCUT2D eigenvalue weighted by molar-refractivity contribution is 7.89. The molecular weight excluding hydrogens is 464 g/mol. The van der Waals surface area contributed by atoms with E-state index in [0.717, 1.165) is 9.87 Å². The molecule has 0 spiro atoms. The van der Waals surface area contributed by atoms with Gasteiger partial charge in [-0.25, -0.2) is 8.42 Å². The van der Waals surface area contributed by atoms with E-state index < -0.39 is 22.0 Å². The van der Waals surface area contributed by atoms with E-state index in [9.17, 15) is 23.1 Å². The molecule has 1 amide bonds. The first kappa shape index (κ1) is 23.0. The topological polar surface area (TPSA) is 104 Å². The number of carbonyl (C=O) groups is 2. The number of amides is 1. The van der Waals surface area contributed by atoms with Crippen LogP contribution in [0.15, 0.2) is 64.9 Å². The second kappa shape index (κ2) is 8.97. The van der Waals surface area contributed by atoms with Gasteiger partial charge in [0.1, 0.15) is 11.8 Å². The molecule has 172 valence electrons. The molecule has 1 aromatic heterocycles. The third-order valence-electron chi connectivity index (χ3n) is 5.56. The third kappa shape index (κ3) is 4.24. The first-order chi connectivity index (χ1) is 15.7. The molecule has 8 nitrogen and oxygen atoms in total. The molecule has 1 unspecified atom stereocenters. The molecule has 2 heterocycles. The van der Waals surface area contributed by atoms with Gasteiger partial charge in [-0.05, 0) is 59.8 Å². The van der Waals surface area contributed by atoms with Crippen molar-refractivity contribution in [3.05, 3.63) is 76.0 Å². The van der Waals surface area contributed by atoms with Crippen molar-refractivity contribution in [1.29, 1.82) is 0 Å². The molecule has 10 heteroatoms. The minimum Gasteiger partial charge on any atom is -0.497 e. The summed E-state index contributed by atoms with van der Waals surface area (Å²) in [5.74, 6) is -1.21. The standard InChI is InChI=1S/C23H22N2O6S2/c1-15-11-12-32-21(15)22(26)24-14-20(23(27)28)25(13-16-5-3-4-6-19(16)24)33(29,30)18-9-7-17(31-2)8-10-18/h3-12,20H,13-14H2,1-2H3,(H,27,28). The second-order valence-corrected chi connectivity index (χ2v) is 10.4. The lowest BCUT2D eigenvalue weighted by molar-refractivity contribution is -0.141. The summed E-state index contributed by atoms with van der Waals surface area (Å²) in [6.45, 7) is 1.30. The lowest BCUT2D eigenvalue weighted by Crippen LogP contribution is -2.50. The van der Waals surface area contributed by atoms with Gasteiger partial charge in [0, 0.05) is 12.2 Å². The lowest BCUT2D eigenvalue weighted by Gasteiger charge is -2.28. The number of rotatable bonds is 5. The Hall–Kier alpha value is -3.21. The van der Waals surface area contributed by atoms with Crippen LogP contribution in [-0.2, 0) is 21.4 Å². The Labute approximate surface area is 195 Å². The van der Waals surface area contributed by atoms with Gasteiger partial charge in [-0.15, -0.1) is 11.3 Å². The van der Waals surface area contributed by atoms with Crippen molar-refractivity contribution in [1.82, 2.24) is 4.31 Å². The highest BCUT2D eigenvalue weighted by Crippen LogP contribution is 2.33. The van der Waals surface area contributed by atoms with Gasteiger partial charge in [0.05, 0.1) is 23.4 Å². The van der Waals surface area contributed by atoms with Crippen LogP contribution in [0.4, 0.5) is 5.69 Å². The average Bonchev–Trinajstić information content (AvgIpc) is 3.15. The number of hydrogen-bond acceptors (Lipinski definition) is 6. The van der Waals surface area contributed by atoms with Gasteiger partial charge < -0.3 is 14.7 Å². The van der Waals surface area contributed by atoms with Gasteiger partial charge in [-0.2, -0.15) is 4.31 Å². The van der Waals surface area contributed by atoms with Crippen molar-refractivity contribution >= 4 is 38.9 Å². The molecule has 0 saturated heterocycles. The van der Waals surface area contributed by atoms with E-state index in [2.05, 4.69) is 0 Å². The maximum atomic E-state index is 13.5. The minimum atomic E-state index is -4.20. The molecule has 0 aliphatic carbocycles. The van der Waals surface area contributed by atoms with E-state index in [-0.39, 0.29) is 23.9 Å². The molecule has 1 N–H and O–H groups in total. The summed E-state index contributed by atoms with van der Waals surface area (Å²) < 4.78 is 33.1. The molecule has 0 bridgehead atoms.